The van der Waals surface area contributed by atoms with Crippen LogP contribution < -0.4 is 10.5 Å². The third-order valence-electron chi connectivity index (χ3n) is 2.37. The summed E-state index contributed by atoms with van der Waals surface area (Å²) >= 11 is 6.61. The molecule has 0 aromatic heterocycles. The fourth-order valence-electron chi connectivity index (χ4n) is 1.42. The summed E-state index contributed by atoms with van der Waals surface area (Å²) in [4.78, 5) is 0.163. The summed E-state index contributed by atoms with van der Waals surface area (Å²) in [6, 6.07) is 11.2. The van der Waals surface area contributed by atoms with Crippen LogP contribution in [0.2, 0.25) is 0 Å². The van der Waals surface area contributed by atoms with Gasteiger partial charge in [0.05, 0.1) is 10.6 Å². The van der Waals surface area contributed by atoms with E-state index in [0.29, 0.717) is 15.8 Å². The number of anilines is 2. The zero-order valence-electron chi connectivity index (χ0n) is 9.60. The van der Waals surface area contributed by atoms with Crippen LogP contribution in [0.15, 0.2) is 56.3 Å². The summed E-state index contributed by atoms with van der Waals surface area (Å²) < 4.78 is 28.4. The molecule has 0 saturated carbocycles. The molecule has 0 unspecified atom stereocenters. The van der Waals surface area contributed by atoms with Crippen LogP contribution in [0, 0.1) is 0 Å². The summed E-state index contributed by atoms with van der Waals surface area (Å²) in [5, 5.41) is 0. The van der Waals surface area contributed by atoms with Gasteiger partial charge in [-0.1, -0.05) is 15.9 Å². The molecule has 0 saturated heterocycles. The fraction of sp³-hybridized carbons (Fsp3) is 0. The lowest BCUT2D eigenvalue weighted by atomic mass is 10.3. The van der Waals surface area contributed by atoms with Crippen LogP contribution >= 0.6 is 31.9 Å². The maximum atomic E-state index is 12.2. The van der Waals surface area contributed by atoms with Crippen LogP contribution in [-0.4, -0.2) is 8.42 Å². The first-order valence-corrected chi connectivity index (χ1v) is 8.29. The van der Waals surface area contributed by atoms with Crippen LogP contribution in [0.5, 0.6) is 0 Å². The maximum Gasteiger partial charge on any atom is 0.261 e. The molecular formula is C12H10Br2N2O2S. The Morgan fingerprint density at radius 1 is 1.00 bits per heavy atom. The van der Waals surface area contributed by atoms with Gasteiger partial charge in [0.1, 0.15) is 0 Å². The SMILES string of the molecule is Nc1ccc(S(=O)(=O)Nc2ccc(Br)cc2Br)cc1. The van der Waals surface area contributed by atoms with E-state index in [1.54, 1.807) is 30.3 Å². The first-order chi connectivity index (χ1) is 8.88. The number of hydrogen-bond donors (Lipinski definition) is 2. The fourth-order valence-corrected chi connectivity index (χ4v) is 3.78. The summed E-state index contributed by atoms with van der Waals surface area (Å²) in [5.74, 6) is 0. The van der Waals surface area contributed by atoms with E-state index in [2.05, 4.69) is 36.6 Å². The summed E-state index contributed by atoms with van der Waals surface area (Å²) in [5.41, 5.74) is 6.52. The quantitative estimate of drug-likeness (QED) is 0.766. The largest absolute Gasteiger partial charge is 0.399 e. The Balaban J connectivity index is 2.33. The van der Waals surface area contributed by atoms with Crippen LogP contribution in [0.1, 0.15) is 0 Å². The highest BCUT2D eigenvalue weighted by Gasteiger charge is 2.15. The number of hydrogen-bond acceptors (Lipinski definition) is 3. The Hall–Kier alpha value is -1.05. The molecule has 100 valence electrons. The van der Waals surface area contributed by atoms with E-state index in [0.717, 1.165) is 4.47 Å². The first-order valence-electron chi connectivity index (χ1n) is 5.22. The second kappa shape index (κ2) is 5.52. The molecule has 0 radical (unpaired) electrons. The van der Waals surface area contributed by atoms with Crippen molar-refractivity contribution in [1.82, 2.24) is 0 Å². The predicted molar refractivity (Wildman–Crippen MR) is 83.5 cm³/mol. The minimum Gasteiger partial charge on any atom is -0.399 e. The molecular weight excluding hydrogens is 396 g/mol. The van der Waals surface area contributed by atoms with E-state index in [4.69, 9.17) is 5.73 Å². The zero-order valence-corrected chi connectivity index (χ0v) is 13.6. The lowest BCUT2D eigenvalue weighted by Gasteiger charge is -2.10. The van der Waals surface area contributed by atoms with Gasteiger partial charge in [0.15, 0.2) is 0 Å². The standard InChI is InChI=1S/C12H10Br2N2O2S/c13-8-1-6-12(11(14)7-8)16-19(17,18)10-4-2-9(15)3-5-10/h1-7,16H,15H2. The zero-order chi connectivity index (χ0) is 14.0. The van der Waals surface area contributed by atoms with Crippen molar-refractivity contribution in [2.45, 2.75) is 4.90 Å². The Kier molecular flexibility index (Phi) is 4.17. The van der Waals surface area contributed by atoms with Crippen molar-refractivity contribution in [3.63, 3.8) is 0 Å². The number of benzene rings is 2. The molecule has 0 amide bonds. The number of rotatable bonds is 3. The third-order valence-corrected chi connectivity index (χ3v) is 4.90. The van der Waals surface area contributed by atoms with Crippen LogP contribution in [-0.2, 0) is 10.0 Å². The lowest BCUT2D eigenvalue weighted by Crippen LogP contribution is -2.13. The molecule has 0 atom stereocenters. The number of halogens is 2. The molecule has 0 bridgehead atoms. The van der Waals surface area contributed by atoms with E-state index < -0.39 is 10.0 Å². The average Bonchev–Trinajstić information content (AvgIpc) is 2.33. The maximum absolute atomic E-state index is 12.2. The van der Waals surface area contributed by atoms with Crippen LogP contribution in [0.3, 0.4) is 0 Å². The second-order valence-corrected chi connectivity index (χ2v) is 7.25. The molecule has 2 aromatic rings. The van der Waals surface area contributed by atoms with Gasteiger partial charge in [0.25, 0.3) is 10.0 Å². The minimum absolute atomic E-state index is 0.163. The highest BCUT2D eigenvalue weighted by Crippen LogP contribution is 2.28. The van der Waals surface area contributed by atoms with Gasteiger partial charge in [-0.05, 0) is 58.4 Å². The van der Waals surface area contributed by atoms with E-state index in [9.17, 15) is 8.42 Å². The molecule has 3 N–H and O–H groups in total. The van der Waals surface area contributed by atoms with Gasteiger partial charge in [-0.2, -0.15) is 0 Å². The smallest absolute Gasteiger partial charge is 0.261 e. The topological polar surface area (TPSA) is 72.2 Å². The average molecular weight is 406 g/mol. The Labute approximate surface area is 128 Å². The molecule has 0 aliphatic heterocycles. The van der Waals surface area contributed by atoms with Crippen molar-refractivity contribution in [2.24, 2.45) is 0 Å². The lowest BCUT2D eigenvalue weighted by molar-refractivity contribution is 0.601. The highest BCUT2D eigenvalue weighted by atomic mass is 79.9. The normalized spacial score (nSPS) is 11.3. The molecule has 2 rings (SSSR count). The Morgan fingerprint density at radius 2 is 1.63 bits per heavy atom. The van der Waals surface area contributed by atoms with Crippen molar-refractivity contribution >= 4 is 53.3 Å². The van der Waals surface area contributed by atoms with Gasteiger partial charge in [-0.15, -0.1) is 0 Å². The van der Waals surface area contributed by atoms with Crippen molar-refractivity contribution in [1.29, 1.82) is 0 Å². The summed E-state index contributed by atoms with van der Waals surface area (Å²) in [6.45, 7) is 0. The van der Waals surface area contributed by atoms with Crippen molar-refractivity contribution in [3.8, 4) is 0 Å². The Morgan fingerprint density at radius 3 is 2.21 bits per heavy atom. The second-order valence-electron chi connectivity index (χ2n) is 3.80. The minimum atomic E-state index is -3.62. The van der Waals surface area contributed by atoms with E-state index in [1.807, 2.05) is 0 Å². The summed E-state index contributed by atoms with van der Waals surface area (Å²) in [6.07, 6.45) is 0. The monoisotopic (exact) mass is 404 g/mol. The Bertz CT molecular complexity index is 700. The summed E-state index contributed by atoms with van der Waals surface area (Å²) in [7, 11) is -3.62. The van der Waals surface area contributed by atoms with Gasteiger partial charge in [-0.25, -0.2) is 8.42 Å². The molecule has 7 heteroatoms. The van der Waals surface area contributed by atoms with Crippen molar-refractivity contribution in [2.75, 3.05) is 10.5 Å². The number of sulfonamides is 1. The molecule has 0 spiro atoms. The molecule has 0 aliphatic carbocycles. The predicted octanol–water partition coefficient (Wildman–Crippen LogP) is 3.59. The first kappa shape index (κ1) is 14.4. The van der Waals surface area contributed by atoms with Gasteiger partial charge in [-0.3, -0.25) is 4.72 Å². The van der Waals surface area contributed by atoms with E-state index in [1.165, 1.54) is 12.1 Å². The van der Waals surface area contributed by atoms with Gasteiger partial charge in [0, 0.05) is 14.6 Å². The van der Waals surface area contributed by atoms with Crippen molar-refractivity contribution < 1.29 is 8.42 Å². The van der Waals surface area contributed by atoms with Crippen LogP contribution in [0.4, 0.5) is 11.4 Å². The molecule has 19 heavy (non-hydrogen) atoms. The van der Waals surface area contributed by atoms with Gasteiger partial charge in [0.2, 0.25) is 0 Å². The number of nitrogens with two attached hydrogens (primary N) is 1. The molecule has 4 nitrogen and oxygen atoms in total. The van der Waals surface area contributed by atoms with Gasteiger partial charge >= 0.3 is 0 Å². The molecule has 0 aliphatic rings. The van der Waals surface area contributed by atoms with Crippen molar-refractivity contribution in [3.05, 3.63) is 51.4 Å². The van der Waals surface area contributed by atoms with E-state index >= 15 is 0 Å². The number of nitrogens with one attached hydrogen (secondary N) is 1. The third kappa shape index (κ3) is 3.49. The molecule has 2 aromatic carbocycles. The van der Waals surface area contributed by atoms with E-state index in [-0.39, 0.29) is 4.90 Å². The highest BCUT2D eigenvalue weighted by molar-refractivity contribution is 9.11. The van der Waals surface area contributed by atoms with Gasteiger partial charge < -0.3 is 5.73 Å². The number of nitrogen functional groups attached to an aromatic ring is 1. The molecule has 0 fully saturated rings. The molecule has 0 heterocycles. The van der Waals surface area contributed by atoms with Crippen LogP contribution in [0.25, 0.3) is 0 Å².